The Bertz CT molecular complexity index is 471. The molecule has 0 unspecified atom stereocenters. The van der Waals surface area contributed by atoms with E-state index in [0.29, 0.717) is 5.92 Å². The fraction of sp³-hybridized carbons (Fsp3) is 0.750. The molecule has 1 N–H and O–H groups in total. The summed E-state index contributed by atoms with van der Waals surface area (Å²) in [5.74, 6) is 1.35. The molecule has 0 bridgehead atoms. The Hall–Kier alpha value is -1.36. The van der Waals surface area contributed by atoms with E-state index in [4.69, 9.17) is 4.99 Å². The van der Waals surface area contributed by atoms with Crippen molar-refractivity contribution in [3.05, 3.63) is 17.0 Å². The van der Waals surface area contributed by atoms with Crippen molar-refractivity contribution >= 4 is 5.96 Å². The largest absolute Gasteiger partial charge is 0.355 e. The summed E-state index contributed by atoms with van der Waals surface area (Å²) in [5.41, 5.74) is 3.62. The fourth-order valence-corrected chi connectivity index (χ4v) is 2.62. The number of nitrogens with zero attached hydrogens (tertiary/aromatic N) is 4. The van der Waals surface area contributed by atoms with Crippen LogP contribution in [0.3, 0.4) is 0 Å². The van der Waals surface area contributed by atoms with E-state index in [1.807, 2.05) is 4.68 Å². The van der Waals surface area contributed by atoms with Gasteiger partial charge in [0.05, 0.1) is 5.69 Å². The van der Waals surface area contributed by atoms with Gasteiger partial charge < -0.3 is 10.2 Å². The van der Waals surface area contributed by atoms with Crippen molar-refractivity contribution in [2.75, 3.05) is 33.7 Å². The van der Waals surface area contributed by atoms with Crippen molar-refractivity contribution in [1.82, 2.24) is 20.0 Å². The second kappa shape index (κ2) is 8.17. The van der Waals surface area contributed by atoms with Gasteiger partial charge in [-0.1, -0.05) is 13.8 Å². The van der Waals surface area contributed by atoms with Crippen molar-refractivity contribution in [3.8, 4) is 0 Å². The summed E-state index contributed by atoms with van der Waals surface area (Å²) in [6.45, 7) is 13.4. The van der Waals surface area contributed by atoms with Crippen LogP contribution < -0.4 is 5.32 Å². The zero-order chi connectivity index (χ0) is 16.0. The van der Waals surface area contributed by atoms with Crippen molar-refractivity contribution in [3.63, 3.8) is 0 Å². The Balaban J connectivity index is 2.95. The maximum atomic E-state index is 4.71. The second-order valence-electron chi connectivity index (χ2n) is 6.04. The van der Waals surface area contributed by atoms with Gasteiger partial charge in [0.1, 0.15) is 0 Å². The highest BCUT2D eigenvalue weighted by atomic mass is 15.4. The van der Waals surface area contributed by atoms with Crippen LogP contribution in [0, 0.1) is 13.8 Å². The number of aryl methyl sites for hydroxylation is 1. The molecule has 0 radical (unpaired) electrons. The van der Waals surface area contributed by atoms with Gasteiger partial charge in [-0.3, -0.25) is 4.99 Å². The SMILES string of the molecule is CCNC(=NCCCN(C)C)n1nc(C)c(C(C)C)c1C. The molecule has 0 saturated carbocycles. The van der Waals surface area contributed by atoms with Crippen LogP contribution in [-0.2, 0) is 0 Å². The first-order valence-corrected chi connectivity index (χ1v) is 7.88. The first-order valence-electron chi connectivity index (χ1n) is 7.88. The molecule has 1 heterocycles. The smallest absolute Gasteiger partial charge is 0.219 e. The van der Waals surface area contributed by atoms with Gasteiger partial charge >= 0.3 is 0 Å². The van der Waals surface area contributed by atoms with Crippen LogP contribution in [0.1, 0.15) is 50.1 Å². The lowest BCUT2D eigenvalue weighted by Gasteiger charge is -2.12. The Morgan fingerprint density at radius 2 is 2.00 bits per heavy atom. The third kappa shape index (κ3) is 4.84. The molecule has 0 fully saturated rings. The molecule has 1 aromatic heterocycles. The third-order valence-electron chi connectivity index (χ3n) is 3.49. The van der Waals surface area contributed by atoms with Gasteiger partial charge in [0.2, 0.25) is 5.96 Å². The lowest BCUT2D eigenvalue weighted by molar-refractivity contribution is 0.403. The van der Waals surface area contributed by atoms with E-state index < -0.39 is 0 Å². The normalized spacial score (nSPS) is 12.5. The van der Waals surface area contributed by atoms with Crippen LogP contribution in [0.25, 0.3) is 0 Å². The second-order valence-corrected chi connectivity index (χ2v) is 6.04. The van der Waals surface area contributed by atoms with Crippen LogP contribution in [0.15, 0.2) is 4.99 Å². The van der Waals surface area contributed by atoms with Crippen molar-refractivity contribution in [1.29, 1.82) is 0 Å². The number of aromatic nitrogens is 2. The summed E-state index contributed by atoms with van der Waals surface area (Å²) in [6.07, 6.45) is 1.05. The molecule has 1 aromatic rings. The quantitative estimate of drug-likeness (QED) is 0.497. The lowest BCUT2D eigenvalue weighted by Crippen LogP contribution is -2.32. The molecule has 0 aliphatic rings. The number of aliphatic imine (C=N–C) groups is 1. The van der Waals surface area contributed by atoms with Gasteiger partial charge in [-0.05, 0) is 59.3 Å². The molecular weight excluding hydrogens is 262 g/mol. The summed E-state index contributed by atoms with van der Waals surface area (Å²) < 4.78 is 1.96. The highest BCUT2D eigenvalue weighted by Crippen LogP contribution is 2.22. The molecule has 21 heavy (non-hydrogen) atoms. The Kier molecular flexibility index (Phi) is 6.89. The van der Waals surface area contributed by atoms with Crippen LogP contribution in [-0.4, -0.2) is 54.4 Å². The van der Waals surface area contributed by atoms with E-state index >= 15 is 0 Å². The zero-order valence-electron chi connectivity index (χ0n) is 14.7. The van der Waals surface area contributed by atoms with E-state index in [9.17, 15) is 0 Å². The summed E-state index contributed by atoms with van der Waals surface area (Å²) in [6, 6.07) is 0. The van der Waals surface area contributed by atoms with Crippen LogP contribution in [0.5, 0.6) is 0 Å². The van der Waals surface area contributed by atoms with E-state index in [1.54, 1.807) is 0 Å². The molecule has 120 valence electrons. The molecule has 0 aliphatic heterocycles. The minimum Gasteiger partial charge on any atom is -0.355 e. The average Bonchev–Trinajstić information content (AvgIpc) is 2.68. The highest BCUT2D eigenvalue weighted by molar-refractivity contribution is 5.82. The third-order valence-corrected chi connectivity index (χ3v) is 3.49. The summed E-state index contributed by atoms with van der Waals surface area (Å²) in [5, 5.41) is 8.02. The molecule has 5 nitrogen and oxygen atoms in total. The predicted molar refractivity (Wildman–Crippen MR) is 90.3 cm³/mol. The molecule has 0 aromatic carbocycles. The maximum absolute atomic E-state index is 4.71. The molecule has 0 spiro atoms. The Morgan fingerprint density at radius 3 is 2.48 bits per heavy atom. The first kappa shape index (κ1) is 17.7. The van der Waals surface area contributed by atoms with E-state index in [0.717, 1.165) is 37.7 Å². The monoisotopic (exact) mass is 293 g/mol. The maximum Gasteiger partial charge on any atom is 0.219 e. The van der Waals surface area contributed by atoms with Crippen molar-refractivity contribution < 1.29 is 0 Å². The van der Waals surface area contributed by atoms with Crippen LogP contribution >= 0.6 is 0 Å². The van der Waals surface area contributed by atoms with Crippen LogP contribution in [0.2, 0.25) is 0 Å². The van der Waals surface area contributed by atoms with Gasteiger partial charge in [-0.2, -0.15) is 5.10 Å². The standard InChI is InChI=1S/C16H31N5/c1-8-17-16(18-10-9-11-20(6)7)21-14(5)15(12(2)3)13(4)19-21/h12H,8-11H2,1-7H3,(H,17,18). The average molecular weight is 293 g/mol. The molecule has 1 rings (SSSR count). The molecule has 0 saturated heterocycles. The molecule has 0 atom stereocenters. The molecule has 5 heteroatoms. The number of rotatable bonds is 6. The van der Waals surface area contributed by atoms with Crippen LogP contribution in [0.4, 0.5) is 0 Å². The molecular formula is C16H31N5. The summed E-state index contributed by atoms with van der Waals surface area (Å²) in [4.78, 5) is 6.89. The van der Waals surface area contributed by atoms with E-state index in [2.05, 4.69) is 64.0 Å². The van der Waals surface area contributed by atoms with Gasteiger partial charge in [0.15, 0.2) is 0 Å². The Labute approximate surface area is 129 Å². The predicted octanol–water partition coefficient (Wildman–Crippen LogP) is 2.39. The Morgan fingerprint density at radius 1 is 1.33 bits per heavy atom. The fourth-order valence-electron chi connectivity index (χ4n) is 2.62. The van der Waals surface area contributed by atoms with Crippen molar-refractivity contribution in [2.24, 2.45) is 4.99 Å². The van der Waals surface area contributed by atoms with Gasteiger partial charge in [-0.15, -0.1) is 0 Å². The molecule has 0 aliphatic carbocycles. The lowest BCUT2D eigenvalue weighted by atomic mass is 10.0. The van der Waals surface area contributed by atoms with Gasteiger partial charge in [-0.25, -0.2) is 4.68 Å². The summed E-state index contributed by atoms with van der Waals surface area (Å²) >= 11 is 0. The van der Waals surface area contributed by atoms with E-state index in [-0.39, 0.29) is 0 Å². The number of hydrogen-bond acceptors (Lipinski definition) is 3. The van der Waals surface area contributed by atoms with Gasteiger partial charge in [0, 0.05) is 18.8 Å². The molecule has 0 amide bonds. The first-order chi connectivity index (χ1) is 9.88. The van der Waals surface area contributed by atoms with Gasteiger partial charge in [0.25, 0.3) is 0 Å². The zero-order valence-corrected chi connectivity index (χ0v) is 14.7. The minimum absolute atomic E-state index is 0.482. The van der Waals surface area contributed by atoms with Crippen molar-refractivity contribution in [2.45, 2.75) is 47.0 Å². The van der Waals surface area contributed by atoms with E-state index in [1.165, 1.54) is 11.3 Å². The number of hydrogen-bond donors (Lipinski definition) is 1. The summed E-state index contributed by atoms with van der Waals surface area (Å²) in [7, 11) is 4.18. The topological polar surface area (TPSA) is 45.5 Å². The highest BCUT2D eigenvalue weighted by Gasteiger charge is 2.17. The minimum atomic E-state index is 0.482. The number of nitrogens with one attached hydrogen (secondary N) is 1.